The van der Waals surface area contributed by atoms with E-state index >= 15 is 0 Å². The molecule has 0 fully saturated rings. The van der Waals surface area contributed by atoms with Gasteiger partial charge in [0.05, 0.1) is 18.5 Å². The minimum absolute atomic E-state index is 0.141. The fraction of sp³-hybridized carbons (Fsp3) is 0.375. The second kappa shape index (κ2) is 4.32. The minimum atomic E-state index is -0.449. The maximum absolute atomic E-state index is 11.2. The monoisotopic (exact) mass is 244 g/mol. The molecule has 4 nitrogen and oxygen atoms in total. The fourth-order valence-electron chi connectivity index (χ4n) is 0.692. The zero-order valence-corrected chi connectivity index (χ0v) is 8.91. The van der Waals surface area contributed by atoms with Crippen LogP contribution in [0, 0.1) is 0 Å². The Kier molecular flexibility index (Phi) is 3.36. The van der Waals surface area contributed by atoms with Gasteiger partial charge in [-0.05, 0) is 29.8 Å². The molecule has 5 heteroatoms. The van der Waals surface area contributed by atoms with E-state index in [-0.39, 0.29) is 11.8 Å². The van der Waals surface area contributed by atoms with Crippen LogP contribution in [0.4, 0.5) is 0 Å². The number of carbonyl (C=O) groups is 1. The number of carbonyl (C=O) groups excluding carboxylic acids is 1. The largest absolute Gasteiger partial charge is 0.458 e. The average molecular weight is 245 g/mol. The zero-order chi connectivity index (χ0) is 9.84. The highest BCUT2D eigenvalue weighted by Gasteiger charge is 2.10. The van der Waals surface area contributed by atoms with Gasteiger partial charge in [-0.25, -0.2) is 14.8 Å². The first kappa shape index (κ1) is 10.1. The molecule has 0 radical (unpaired) electrons. The summed E-state index contributed by atoms with van der Waals surface area (Å²) < 4.78 is 5.51. The zero-order valence-electron chi connectivity index (χ0n) is 7.32. The number of esters is 1. The Morgan fingerprint density at radius 3 is 2.62 bits per heavy atom. The van der Waals surface area contributed by atoms with Gasteiger partial charge in [0.2, 0.25) is 0 Å². The molecule has 0 unspecified atom stereocenters. The summed E-state index contributed by atoms with van der Waals surface area (Å²) in [6, 6.07) is 0. The lowest BCUT2D eigenvalue weighted by atomic mass is 10.4. The van der Waals surface area contributed by atoms with Gasteiger partial charge in [0.25, 0.3) is 0 Å². The van der Waals surface area contributed by atoms with E-state index in [1.165, 1.54) is 12.4 Å². The molecular formula is C8H9BrN2O2. The number of halogens is 1. The highest BCUT2D eigenvalue weighted by Crippen LogP contribution is 2.04. The average Bonchev–Trinajstić information content (AvgIpc) is 2.04. The summed E-state index contributed by atoms with van der Waals surface area (Å²) in [5, 5.41) is 0. The first-order valence-electron chi connectivity index (χ1n) is 3.78. The predicted molar refractivity (Wildman–Crippen MR) is 50.3 cm³/mol. The number of aromatic nitrogens is 2. The van der Waals surface area contributed by atoms with Crippen LogP contribution in [0.2, 0.25) is 0 Å². The van der Waals surface area contributed by atoms with Gasteiger partial charge in [-0.2, -0.15) is 0 Å². The van der Waals surface area contributed by atoms with Gasteiger partial charge in [0.15, 0.2) is 5.69 Å². The van der Waals surface area contributed by atoms with Crippen LogP contribution >= 0.6 is 15.9 Å². The number of hydrogen-bond acceptors (Lipinski definition) is 4. The Morgan fingerprint density at radius 2 is 2.15 bits per heavy atom. The third kappa shape index (κ3) is 3.10. The Morgan fingerprint density at radius 1 is 1.46 bits per heavy atom. The highest BCUT2D eigenvalue weighted by molar-refractivity contribution is 9.10. The fourth-order valence-corrected chi connectivity index (χ4v) is 0.897. The molecule has 0 amide bonds. The van der Waals surface area contributed by atoms with Crippen LogP contribution in [0.5, 0.6) is 0 Å². The molecule has 0 spiro atoms. The summed E-state index contributed by atoms with van der Waals surface area (Å²) in [4.78, 5) is 18.9. The molecule has 1 aromatic heterocycles. The van der Waals surface area contributed by atoms with Crippen molar-refractivity contribution in [1.82, 2.24) is 9.97 Å². The van der Waals surface area contributed by atoms with Crippen LogP contribution < -0.4 is 0 Å². The van der Waals surface area contributed by atoms with Crippen molar-refractivity contribution >= 4 is 21.9 Å². The number of hydrogen-bond donors (Lipinski definition) is 0. The lowest BCUT2D eigenvalue weighted by Gasteiger charge is -2.06. The maximum atomic E-state index is 11.2. The van der Waals surface area contributed by atoms with Crippen molar-refractivity contribution in [3.05, 3.63) is 22.7 Å². The van der Waals surface area contributed by atoms with Crippen molar-refractivity contribution < 1.29 is 9.53 Å². The van der Waals surface area contributed by atoms with Crippen molar-refractivity contribution in [2.45, 2.75) is 20.0 Å². The SMILES string of the molecule is CC(C)OC(=O)c1cnc(Br)cn1. The summed E-state index contributed by atoms with van der Waals surface area (Å²) in [6.45, 7) is 3.56. The van der Waals surface area contributed by atoms with Gasteiger partial charge in [-0.3, -0.25) is 0 Å². The molecular weight excluding hydrogens is 236 g/mol. The van der Waals surface area contributed by atoms with E-state index in [4.69, 9.17) is 4.74 Å². The smallest absolute Gasteiger partial charge is 0.358 e. The molecule has 70 valence electrons. The molecule has 0 aromatic carbocycles. The first-order chi connectivity index (χ1) is 6.09. The molecule has 0 atom stereocenters. The van der Waals surface area contributed by atoms with Crippen LogP contribution in [0.25, 0.3) is 0 Å². The van der Waals surface area contributed by atoms with Gasteiger partial charge in [0.1, 0.15) is 4.60 Å². The number of ether oxygens (including phenoxy) is 1. The summed E-state index contributed by atoms with van der Waals surface area (Å²) >= 11 is 3.12. The Bertz CT molecular complexity index is 298. The van der Waals surface area contributed by atoms with Gasteiger partial charge >= 0.3 is 5.97 Å². The van der Waals surface area contributed by atoms with E-state index in [0.29, 0.717) is 4.60 Å². The van der Waals surface area contributed by atoms with E-state index in [1.807, 2.05) is 0 Å². The molecule has 0 aliphatic heterocycles. The molecule has 0 aliphatic rings. The van der Waals surface area contributed by atoms with Crippen molar-refractivity contribution in [2.24, 2.45) is 0 Å². The summed E-state index contributed by atoms with van der Waals surface area (Å²) in [5.74, 6) is -0.449. The van der Waals surface area contributed by atoms with E-state index in [1.54, 1.807) is 13.8 Å². The number of rotatable bonds is 2. The van der Waals surface area contributed by atoms with Crippen LogP contribution in [0.15, 0.2) is 17.0 Å². The van der Waals surface area contributed by atoms with Gasteiger partial charge in [-0.15, -0.1) is 0 Å². The van der Waals surface area contributed by atoms with Crippen molar-refractivity contribution in [2.75, 3.05) is 0 Å². The summed E-state index contributed by atoms with van der Waals surface area (Å²) in [5.41, 5.74) is 0.219. The predicted octanol–water partition coefficient (Wildman–Crippen LogP) is 1.80. The molecule has 1 aromatic rings. The highest BCUT2D eigenvalue weighted by atomic mass is 79.9. The molecule has 0 N–H and O–H groups in total. The molecule has 0 saturated carbocycles. The third-order valence-electron chi connectivity index (χ3n) is 1.17. The van der Waals surface area contributed by atoms with Gasteiger partial charge in [0, 0.05) is 0 Å². The van der Waals surface area contributed by atoms with Gasteiger partial charge in [-0.1, -0.05) is 0 Å². The van der Waals surface area contributed by atoms with Crippen LogP contribution in [-0.4, -0.2) is 22.0 Å². The van der Waals surface area contributed by atoms with Crippen LogP contribution in [0.1, 0.15) is 24.3 Å². The van der Waals surface area contributed by atoms with E-state index in [0.717, 1.165) is 0 Å². The quantitative estimate of drug-likeness (QED) is 0.745. The second-order valence-corrected chi connectivity index (χ2v) is 3.49. The molecule has 1 rings (SSSR count). The summed E-state index contributed by atoms with van der Waals surface area (Å²) in [7, 11) is 0. The topological polar surface area (TPSA) is 52.1 Å². The Labute approximate surface area is 84.5 Å². The van der Waals surface area contributed by atoms with Crippen LogP contribution in [-0.2, 0) is 4.74 Å². The standard InChI is InChI=1S/C8H9BrN2O2/c1-5(2)13-8(12)6-3-11-7(9)4-10-6/h3-5H,1-2H3. The van der Waals surface area contributed by atoms with E-state index in [9.17, 15) is 4.79 Å². The number of nitrogens with zero attached hydrogens (tertiary/aromatic N) is 2. The lowest BCUT2D eigenvalue weighted by Crippen LogP contribution is -2.13. The summed E-state index contributed by atoms with van der Waals surface area (Å²) in [6.07, 6.45) is 2.68. The normalized spacial score (nSPS) is 10.2. The van der Waals surface area contributed by atoms with Crippen molar-refractivity contribution in [1.29, 1.82) is 0 Å². The van der Waals surface area contributed by atoms with E-state index < -0.39 is 5.97 Å². The molecule has 0 saturated heterocycles. The molecule has 0 bridgehead atoms. The first-order valence-corrected chi connectivity index (χ1v) is 4.57. The van der Waals surface area contributed by atoms with Crippen molar-refractivity contribution in [3.63, 3.8) is 0 Å². The van der Waals surface area contributed by atoms with Crippen LogP contribution in [0.3, 0.4) is 0 Å². The van der Waals surface area contributed by atoms with E-state index in [2.05, 4.69) is 25.9 Å². The lowest BCUT2D eigenvalue weighted by molar-refractivity contribution is 0.0370. The second-order valence-electron chi connectivity index (χ2n) is 2.68. The Balaban J connectivity index is 2.72. The maximum Gasteiger partial charge on any atom is 0.358 e. The molecule has 1 heterocycles. The van der Waals surface area contributed by atoms with Crippen molar-refractivity contribution in [3.8, 4) is 0 Å². The minimum Gasteiger partial charge on any atom is -0.458 e. The third-order valence-corrected chi connectivity index (χ3v) is 1.58. The molecule has 13 heavy (non-hydrogen) atoms. The Hall–Kier alpha value is -0.970. The van der Waals surface area contributed by atoms with Gasteiger partial charge < -0.3 is 4.74 Å². The molecule has 0 aliphatic carbocycles.